The molecule has 1 aromatic carbocycles. The Morgan fingerprint density at radius 2 is 2.00 bits per heavy atom. The van der Waals surface area contributed by atoms with Gasteiger partial charge in [-0.15, -0.1) is 0 Å². The molecule has 5 heteroatoms. The van der Waals surface area contributed by atoms with Crippen molar-refractivity contribution in [3.05, 3.63) is 63.2 Å². The zero-order chi connectivity index (χ0) is 19.0. The standard InChI is InChI=1S/C22H25NO4/c1-14-12-18(11-8-15-6-9-17(26-2)10-7-15)27-22(25)20(14)21(24)23-13-16-4-3-5-19(16)23/h6-7,9-10,12,16,19H,3-5,8,11,13H2,1-2H3/t16-,19-/m0/s1. The smallest absolute Gasteiger partial charge is 0.349 e. The Kier molecular flexibility index (Phi) is 4.77. The van der Waals surface area contributed by atoms with Gasteiger partial charge in [-0.05, 0) is 61.4 Å². The highest BCUT2D eigenvalue weighted by Crippen LogP contribution is 2.39. The number of ether oxygens (including phenoxy) is 1. The van der Waals surface area contributed by atoms with Gasteiger partial charge in [0.15, 0.2) is 0 Å². The van der Waals surface area contributed by atoms with Gasteiger partial charge in [0.2, 0.25) is 0 Å². The number of carbonyl (C=O) groups excluding carboxylic acids is 1. The van der Waals surface area contributed by atoms with Crippen LogP contribution in [-0.2, 0) is 12.8 Å². The van der Waals surface area contributed by atoms with Crippen molar-refractivity contribution in [1.82, 2.24) is 4.90 Å². The van der Waals surface area contributed by atoms with E-state index >= 15 is 0 Å². The quantitative estimate of drug-likeness (QED) is 0.813. The molecule has 1 aliphatic carbocycles. The summed E-state index contributed by atoms with van der Waals surface area (Å²) in [5.74, 6) is 1.91. The van der Waals surface area contributed by atoms with E-state index in [9.17, 15) is 9.59 Å². The van der Waals surface area contributed by atoms with Crippen molar-refractivity contribution < 1.29 is 13.9 Å². The summed E-state index contributed by atoms with van der Waals surface area (Å²) in [7, 11) is 1.64. The van der Waals surface area contributed by atoms with Crippen LogP contribution >= 0.6 is 0 Å². The molecule has 2 heterocycles. The Hall–Kier alpha value is -2.56. The minimum absolute atomic E-state index is 0.161. The number of methoxy groups -OCH3 is 1. The lowest BCUT2D eigenvalue weighted by Crippen LogP contribution is -2.56. The molecule has 2 atom stereocenters. The SMILES string of the molecule is COc1ccc(CCc2cc(C)c(C(=O)N3C[C@@H]4CCC[C@@H]43)c(=O)o2)cc1. The third-order valence-corrected chi connectivity index (χ3v) is 5.94. The maximum atomic E-state index is 12.8. The molecule has 0 bridgehead atoms. The molecular formula is C22H25NO4. The Labute approximate surface area is 158 Å². The third kappa shape index (κ3) is 3.38. The Bertz CT molecular complexity index is 900. The second-order valence-corrected chi connectivity index (χ2v) is 7.62. The lowest BCUT2D eigenvalue weighted by Gasteiger charge is -2.44. The summed E-state index contributed by atoms with van der Waals surface area (Å²) in [6, 6.07) is 10.0. The van der Waals surface area contributed by atoms with E-state index < -0.39 is 5.63 Å². The molecule has 2 aliphatic rings. The van der Waals surface area contributed by atoms with Crippen LogP contribution in [0.5, 0.6) is 5.75 Å². The Morgan fingerprint density at radius 3 is 2.67 bits per heavy atom. The number of aryl methyl sites for hydroxylation is 3. The van der Waals surface area contributed by atoms with E-state index in [4.69, 9.17) is 9.15 Å². The van der Waals surface area contributed by atoms with Crippen molar-refractivity contribution >= 4 is 5.91 Å². The third-order valence-electron chi connectivity index (χ3n) is 5.94. The fourth-order valence-electron chi connectivity index (χ4n) is 4.38. The summed E-state index contributed by atoms with van der Waals surface area (Å²) in [4.78, 5) is 27.2. The molecule has 1 saturated heterocycles. The van der Waals surface area contributed by atoms with Crippen LogP contribution in [0.3, 0.4) is 0 Å². The molecule has 5 nitrogen and oxygen atoms in total. The van der Waals surface area contributed by atoms with Gasteiger partial charge < -0.3 is 14.1 Å². The molecule has 2 aromatic rings. The van der Waals surface area contributed by atoms with Crippen molar-refractivity contribution in [2.45, 2.75) is 45.1 Å². The average molecular weight is 367 g/mol. The molecular weight excluding hydrogens is 342 g/mol. The topological polar surface area (TPSA) is 59.8 Å². The molecule has 27 heavy (non-hydrogen) atoms. The predicted molar refractivity (Wildman–Crippen MR) is 102 cm³/mol. The highest BCUT2D eigenvalue weighted by molar-refractivity contribution is 5.96. The molecule has 1 saturated carbocycles. The van der Waals surface area contributed by atoms with E-state index in [1.165, 1.54) is 12.8 Å². The van der Waals surface area contributed by atoms with Gasteiger partial charge in [0, 0.05) is 19.0 Å². The number of benzene rings is 1. The van der Waals surface area contributed by atoms with Crippen molar-refractivity contribution in [2.75, 3.05) is 13.7 Å². The van der Waals surface area contributed by atoms with Crippen LogP contribution in [-0.4, -0.2) is 30.5 Å². The van der Waals surface area contributed by atoms with Crippen LogP contribution in [0.15, 0.2) is 39.5 Å². The van der Waals surface area contributed by atoms with Crippen molar-refractivity contribution in [1.29, 1.82) is 0 Å². The van der Waals surface area contributed by atoms with Crippen LogP contribution < -0.4 is 10.4 Å². The molecule has 1 aromatic heterocycles. The summed E-state index contributed by atoms with van der Waals surface area (Å²) < 4.78 is 10.6. The number of hydrogen-bond acceptors (Lipinski definition) is 4. The maximum absolute atomic E-state index is 12.8. The first-order valence-corrected chi connectivity index (χ1v) is 9.64. The van der Waals surface area contributed by atoms with Gasteiger partial charge >= 0.3 is 5.63 Å². The zero-order valence-corrected chi connectivity index (χ0v) is 15.9. The zero-order valence-electron chi connectivity index (χ0n) is 15.9. The predicted octanol–water partition coefficient (Wildman–Crippen LogP) is 3.37. The lowest BCUT2D eigenvalue weighted by atomic mass is 9.90. The molecule has 0 N–H and O–H groups in total. The minimum atomic E-state index is -0.508. The molecule has 0 radical (unpaired) electrons. The van der Waals surface area contributed by atoms with Crippen molar-refractivity contribution in [3.8, 4) is 5.75 Å². The Morgan fingerprint density at radius 1 is 1.22 bits per heavy atom. The average Bonchev–Trinajstić information content (AvgIpc) is 3.00. The normalized spacial score (nSPS) is 20.9. The lowest BCUT2D eigenvalue weighted by molar-refractivity contribution is 0.0264. The first kappa shape index (κ1) is 17.8. The number of rotatable bonds is 5. The van der Waals surface area contributed by atoms with E-state index in [1.807, 2.05) is 42.2 Å². The first-order chi connectivity index (χ1) is 13.1. The largest absolute Gasteiger partial charge is 0.497 e. The van der Waals surface area contributed by atoms with Crippen molar-refractivity contribution in [2.24, 2.45) is 5.92 Å². The first-order valence-electron chi connectivity index (χ1n) is 9.64. The van der Waals surface area contributed by atoms with Gasteiger partial charge in [-0.25, -0.2) is 4.79 Å². The second kappa shape index (κ2) is 7.22. The summed E-state index contributed by atoms with van der Waals surface area (Å²) in [6.45, 7) is 2.61. The molecule has 2 fully saturated rings. The van der Waals surface area contributed by atoms with Crippen LogP contribution in [0, 0.1) is 12.8 Å². The van der Waals surface area contributed by atoms with E-state index in [-0.39, 0.29) is 11.5 Å². The van der Waals surface area contributed by atoms with E-state index in [0.717, 1.165) is 30.7 Å². The molecule has 1 amide bonds. The summed E-state index contributed by atoms with van der Waals surface area (Å²) in [6.07, 6.45) is 4.81. The summed E-state index contributed by atoms with van der Waals surface area (Å²) >= 11 is 0. The van der Waals surface area contributed by atoms with Crippen LogP contribution in [0.4, 0.5) is 0 Å². The van der Waals surface area contributed by atoms with Gasteiger partial charge in [-0.3, -0.25) is 4.79 Å². The fourth-order valence-corrected chi connectivity index (χ4v) is 4.38. The Balaban J connectivity index is 1.46. The van der Waals surface area contributed by atoms with Gasteiger partial charge in [-0.2, -0.15) is 0 Å². The molecule has 142 valence electrons. The maximum Gasteiger partial charge on any atom is 0.349 e. The van der Waals surface area contributed by atoms with Crippen LogP contribution in [0.25, 0.3) is 0 Å². The van der Waals surface area contributed by atoms with Crippen LogP contribution in [0.2, 0.25) is 0 Å². The molecule has 1 aliphatic heterocycles. The number of hydrogen-bond donors (Lipinski definition) is 0. The monoisotopic (exact) mass is 367 g/mol. The van der Waals surface area contributed by atoms with Gasteiger partial charge in [-0.1, -0.05) is 18.6 Å². The van der Waals surface area contributed by atoms with E-state index in [0.29, 0.717) is 29.7 Å². The molecule has 0 unspecified atom stereocenters. The fraction of sp³-hybridized carbons (Fsp3) is 0.455. The van der Waals surface area contributed by atoms with Gasteiger partial charge in [0.1, 0.15) is 17.1 Å². The highest BCUT2D eigenvalue weighted by atomic mass is 16.5. The minimum Gasteiger partial charge on any atom is -0.497 e. The summed E-state index contributed by atoms with van der Waals surface area (Å²) in [5, 5.41) is 0. The second-order valence-electron chi connectivity index (χ2n) is 7.62. The molecule has 0 spiro atoms. The van der Waals surface area contributed by atoms with E-state index in [2.05, 4.69) is 0 Å². The van der Waals surface area contributed by atoms with Gasteiger partial charge in [0.05, 0.1) is 7.11 Å². The number of fused-ring (bicyclic) bond motifs is 1. The van der Waals surface area contributed by atoms with Crippen molar-refractivity contribution in [3.63, 3.8) is 0 Å². The summed E-state index contributed by atoms with van der Waals surface area (Å²) in [5.41, 5.74) is 1.55. The number of likely N-dealkylation sites (tertiary alicyclic amines) is 1. The van der Waals surface area contributed by atoms with Crippen LogP contribution in [0.1, 0.15) is 46.5 Å². The van der Waals surface area contributed by atoms with E-state index in [1.54, 1.807) is 7.11 Å². The molecule has 4 rings (SSSR count). The number of amides is 1. The van der Waals surface area contributed by atoms with Gasteiger partial charge in [0.25, 0.3) is 5.91 Å². The highest BCUT2D eigenvalue weighted by Gasteiger charge is 2.45. The number of carbonyl (C=O) groups is 1. The number of nitrogens with zero attached hydrogens (tertiary/aromatic N) is 1.